The Balaban J connectivity index is 2.42. The lowest BCUT2D eigenvalue weighted by molar-refractivity contribution is -0.121. The van der Waals surface area contributed by atoms with Gasteiger partial charge in [0.1, 0.15) is 0 Å². The molecule has 4 nitrogen and oxygen atoms in total. The maximum absolute atomic E-state index is 12.0. The third-order valence-electron chi connectivity index (χ3n) is 3.03. The summed E-state index contributed by atoms with van der Waals surface area (Å²) in [6, 6.07) is 5.72. The fraction of sp³-hybridized carbons (Fsp3) is 0.467. The summed E-state index contributed by atoms with van der Waals surface area (Å²) >= 11 is 3.37. The smallest absolute Gasteiger partial charge is 0.252 e. The molecule has 1 aromatic rings. The van der Waals surface area contributed by atoms with Crippen LogP contribution in [0.3, 0.4) is 0 Å². The summed E-state index contributed by atoms with van der Waals surface area (Å²) in [7, 11) is 0. The van der Waals surface area contributed by atoms with E-state index < -0.39 is 0 Å². The molecular weight excluding hydrogens is 320 g/mol. The van der Waals surface area contributed by atoms with Crippen LogP contribution in [0.2, 0.25) is 0 Å². The molecular formula is C15H21BrN2O2. The van der Waals surface area contributed by atoms with E-state index in [-0.39, 0.29) is 17.9 Å². The maximum atomic E-state index is 12.0. The molecule has 0 aliphatic rings. The highest BCUT2D eigenvalue weighted by atomic mass is 79.9. The monoisotopic (exact) mass is 340 g/mol. The second kappa shape index (κ2) is 8.04. The van der Waals surface area contributed by atoms with Crippen LogP contribution in [0, 0.1) is 6.92 Å². The zero-order valence-electron chi connectivity index (χ0n) is 12.1. The van der Waals surface area contributed by atoms with Crippen LogP contribution >= 0.6 is 15.9 Å². The highest BCUT2D eigenvalue weighted by Gasteiger charge is 2.10. The standard InChI is InChI=1S/C15H21BrN2O2/c1-4-11(3)18-14(19)7-8-17-15(20)12-6-5-10(2)9-13(12)16/h5-6,9,11H,4,7-8H2,1-3H3,(H,17,20)(H,18,19). The quantitative estimate of drug-likeness (QED) is 0.836. The molecule has 2 N–H and O–H groups in total. The van der Waals surface area contributed by atoms with E-state index in [0.717, 1.165) is 16.5 Å². The molecule has 0 saturated carbocycles. The Labute approximate surface area is 128 Å². The number of rotatable bonds is 6. The molecule has 0 aliphatic carbocycles. The van der Waals surface area contributed by atoms with Crippen molar-refractivity contribution in [2.24, 2.45) is 0 Å². The molecule has 0 aromatic heterocycles. The van der Waals surface area contributed by atoms with Gasteiger partial charge in [0.2, 0.25) is 5.91 Å². The molecule has 0 aliphatic heterocycles. The van der Waals surface area contributed by atoms with Crippen molar-refractivity contribution < 1.29 is 9.59 Å². The van der Waals surface area contributed by atoms with E-state index in [1.165, 1.54) is 0 Å². The van der Waals surface area contributed by atoms with Crippen LogP contribution in [-0.2, 0) is 4.79 Å². The molecule has 1 aromatic carbocycles. The van der Waals surface area contributed by atoms with Crippen molar-refractivity contribution in [3.63, 3.8) is 0 Å². The van der Waals surface area contributed by atoms with Gasteiger partial charge < -0.3 is 10.6 Å². The largest absolute Gasteiger partial charge is 0.354 e. The summed E-state index contributed by atoms with van der Waals surface area (Å²) in [5.74, 6) is -0.212. The predicted molar refractivity (Wildman–Crippen MR) is 83.7 cm³/mol. The van der Waals surface area contributed by atoms with Gasteiger partial charge in [0, 0.05) is 23.5 Å². The van der Waals surface area contributed by atoms with Crippen molar-refractivity contribution in [2.75, 3.05) is 6.54 Å². The van der Waals surface area contributed by atoms with Gasteiger partial charge in [0.05, 0.1) is 5.56 Å². The van der Waals surface area contributed by atoms with E-state index in [0.29, 0.717) is 18.5 Å². The van der Waals surface area contributed by atoms with E-state index in [2.05, 4.69) is 26.6 Å². The Morgan fingerprint density at radius 3 is 2.65 bits per heavy atom. The molecule has 0 spiro atoms. The van der Waals surface area contributed by atoms with Crippen molar-refractivity contribution >= 4 is 27.7 Å². The van der Waals surface area contributed by atoms with Gasteiger partial charge in [-0.3, -0.25) is 9.59 Å². The summed E-state index contributed by atoms with van der Waals surface area (Å²) in [6.07, 6.45) is 1.19. The first-order valence-corrected chi connectivity index (χ1v) is 7.57. The molecule has 1 rings (SSSR count). The van der Waals surface area contributed by atoms with Crippen molar-refractivity contribution in [1.82, 2.24) is 10.6 Å². The normalized spacial score (nSPS) is 11.8. The average Bonchev–Trinajstić information content (AvgIpc) is 2.38. The first-order chi connectivity index (χ1) is 9.43. The van der Waals surface area contributed by atoms with Gasteiger partial charge in [-0.2, -0.15) is 0 Å². The lowest BCUT2D eigenvalue weighted by Crippen LogP contribution is -2.35. The third-order valence-corrected chi connectivity index (χ3v) is 3.68. The minimum absolute atomic E-state index is 0.0392. The predicted octanol–water partition coefficient (Wildman–Crippen LogP) is 2.79. The van der Waals surface area contributed by atoms with Crippen LogP contribution in [0.4, 0.5) is 0 Å². The van der Waals surface area contributed by atoms with Crippen LogP contribution in [-0.4, -0.2) is 24.4 Å². The zero-order valence-corrected chi connectivity index (χ0v) is 13.7. The lowest BCUT2D eigenvalue weighted by atomic mass is 10.1. The summed E-state index contributed by atoms with van der Waals surface area (Å²) in [5.41, 5.74) is 1.67. The Hall–Kier alpha value is -1.36. The fourth-order valence-corrected chi connectivity index (χ4v) is 2.31. The zero-order chi connectivity index (χ0) is 15.1. The summed E-state index contributed by atoms with van der Waals surface area (Å²) in [4.78, 5) is 23.5. The number of carbonyl (C=O) groups is 2. The Morgan fingerprint density at radius 2 is 2.05 bits per heavy atom. The lowest BCUT2D eigenvalue weighted by Gasteiger charge is -2.12. The van der Waals surface area contributed by atoms with Crippen LogP contribution < -0.4 is 10.6 Å². The second-order valence-electron chi connectivity index (χ2n) is 4.87. The van der Waals surface area contributed by atoms with Gasteiger partial charge in [-0.1, -0.05) is 13.0 Å². The number of benzene rings is 1. The number of hydrogen-bond acceptors (Lipinski definition) is 2. The molecule has 0 fully saturated rings. The third kappa shape index (κ3) is 5.33. The molecule has 5 heteroatoms. The summed E-state index contributed by atoms with van der Waals surface area (Å²) in [6.45, 7) is 6.27. The molecule has 0 saturated heterocycles. The summed E-state index contributed by atoms with van der Waals surface area (Å²) < 4.78 is 0.763. The minimum Gasteiger partial charge on any atom is -0.354 e. The molecule has 0 heterocycles. The topological polar surface area (TPSA) is 58.2 Å². The van der Waals surface area contributed by atoms with E-state index in [4.69, 9.17) is 0 Å². The van der Waals surface area contributed by atoms with Crippen LogP contribution in [0.5, 0.6) is 0 Å². The van der Waals surface area contributed by atoms with Crippen LogP contribution in [0.25, 0.3) is 0 Å². The van der Waals surface area contributed by atoms with Gasteiger partial charge in [-0.05, 0) is 53.9 Å². The van der Waals surface area contributed by atoms with Crippen LogP contribution in [0.1, 0.15) is 42.6 Å². The van der Waals surface area contributed by atoms with Crippen molar-refractivity contribution in [3.05, 3.63) is 33.8 Å². The molecule has 110 valence electrons. The van der Waals surface area contributed by atoms with E-state index in [1.807, 2.05) is 32.9 Å². The van der Waals surface area contributed by atoms with Crippen molar-refractivity contribution in [3.8, 4) is 0 Å². The van der Waals surface area contributed by atoms with E-state index >= 15 is 0 Å². The number of aryl methyl sites for hydroxylation is 1. The summed E-state index contributed by atoms with van der Waals surface area (Å²) in [5, 5.41) is 5.61. The first-order valence-electron chi connectivity index (χ1n) is 6.77. The SMILES string of the molecule is CCC(C)NC(=O)CCNC(=O)c1ccc(C)cc1Br. The minimum atomic E-state index is -0.173. The maximum Gasteiger partial charge on any atom is 0.252 e. The number of nitrogens with one attached hydrogen (secondary N) is 2. The fourth-order valence-electron chi connectivity index (χ4n) is 1.64. The van der Waals surface area contributed by atoms with Crippen molar-refractivity contribution in [2.45, 2.75) is 39.7 Å². The Kier molecular flexibility index (Phi) is 6.71. The van der Waals surface area contributed by atoms with Crippen LogP contribution in [0.15, 0.2) is 22.7 Å². The van der Waals surface area contributed by atoms with Gasteiger partial charge in [-0.15, -0.1) is 0 Å². The number of halogens is 1. The van der Waals surface area contributed by atoms with Gasteiger partial charge in [-0.25, -0.2) is 0 Å². The molecule has 0 radical (unpaired) electrons. The number of hydrogen-bond donors (Lipinski definition) is 2. The van der Waals surface area contributed by atoms with Gasteiger partial charge in [0.25, 0.3) is 5.91 Å². The Morgan fingerprint density at radius 1 is 1.35 bits per heavy atom. The number of carbonyl (C=O) groups excluding carboxylic acids is 2. The molecule has 1 atom stereocenters. The van der Waals surface area contributed by atoms with Gasteiger partial charge in [0.15, 0.2) is 0 Å². The average molecular weight is 341 g/mol. The molecule has 2 amide bonds. The van der Waals surface area contributed by atoms with Crippen molar-refractivity contribution in [1.29, 1.82) is 0 Å². The van der Waals surface area contributed by atoms with E-state index in [9.17, 15) is 9.59 Å². The molecule has 20 heavy (non-hydrogen) atoms. The number of amides is 2. The highest BCUT2D eigenvalue weighted by molar-refractivity contribution is 9.10. The van der Waals surface area contributed by atoms with E-state index in [1.54, 1.807) is 6.07 Å². The Bertz CT molecular complexity index is 489. The second-order valence-corrected chi connectivity index (χ2v) is 5.72. The molecule has 1 unspecified atom stereocenters. The van der Waals surface area contributed by atoms with Gasteiger partial charge >= 0.3 is 0 Å². The molecule has 0 bridgehead atoms. The highest BCUT2D eigenvalue weighted by Crippen LogP contribution is 2.18. The first kappa shape index (κ1) is 16.7.